The smallest absolute Gasteiger partial charge is 0.462 e. The van der Waals surface area contributed by atoms with Crippen LogP contribution in [0.25, 0.3) is 0 Å². The van der Waals surface area contributed by atoms with Crippen LogP contribution in [-0.2, 0) is 4.74 Å². The fraction of sp³-hybridized carbons (Fsp3) is 0.333. The lowest BCUT2D eigenvalue weighted by Gasteiger charge is -2.16. The van der Waals surface area contributed by atoms with Gasteiger partial charge in [0.2, 0.25) is 0 Å². The maximum Gasteiger partial charge on any atom is 0.573 e. The number of esters is 1. The summed E-state index contributed by atoms with van der Waals surface area (Å²) in [5, 5.41) is 8.94. The molecular weight excluding hydrogens is 352 g/mol. The zero-order valence-electron chi connectivity index (χ0n) is 11.2. The number of hydrogen-bond donors (Lipinski definition) is 0. The maximum atomic E-state index is 12.5. The minimum atomic E-state index is -5.18. The lowest BCUT2D eigenvalue weighted by atomic mass is 10.1. The van der Waals surface area contributed by atoms with Gasteiger partial charge in [0.05, 0.1) is 12.2 Å². The molecule has 0 saturated carbocycles. The zero-order valence-corrected chi connectivity index (χ0v) is 12.0. The molecule has 0 aliphatic rings. The van der Waals surface area contributed by atoms with Crippen molar-refractivity contribution in [3.8, 4) is 11.8 Å². The van der Waals surface area contributed by atoms with Crippen molar-refractivity contribution in [2.45, 2.75) is 23.7 Å². The van der Waals surface area contributed by atoms with E-state index in [2.05, 4.69) is 9.47 Å². The minimum absolute atomic E-state index is 0.246. The van der Waals surface area contributed by atoms with Crippen LogP contribution in [0.1, 0.15) is 22.8 Å². The summed E-state index contributed by atoms with van der Waals surface area (Å²) in [5.74, 6) is -2.45. The van der Waals surface area contributed by atoms with Gasteiger partial charge in [0, 0.05) is 4.90 Å². The van der Waals surface area contributed by atoms with Crippen molar-refractivity contribution in [2.24, 2.45) is 0 Å². The van der Waals surface area contributed by atoms with Crippen molar-refractivity contribution in [1.82, 2.24) is 0 Å². The number of carbonyl (C=O) groups excluding carboxylic acids is 1. The third-order valence-corrected chi connectivity index (χ3v) is 2.96. The third-order valence-electron chi connectivity index (χ3n) is 2.17. The van der Waals surface area contributed by atoms with Crippen molar-refractivity contribution in [2.75, 3.05) is 6.61 Å². The molecule has 0 bridgehead atoms. The summed E-state index contributed by atoms with van der Waals surface area (Å²) in [6, 6.07) is 2.38. The van der Waals surface area contributed by atoms with Crippen molar-refractivity contribution in [3.63, 3.8) is 0 Å². The molecule has 0 heterocycles. The summed E-state index contributed by atoms with van der Waals surface area (Å²) in [5.41, 5.74) is -6.74. The zero-order chi connectivity index (χ0) is 17.8. The van der Waals surface area contributed by atoms with E-state index in [0.717, 1.165) is 0 Å². The number of halogens is 6. The van der Waals surface area contributed by atoms with Crippen LogP contribution < -0.4 is 4.74 Å². The van der Waals surface area contributed by atoms with Crippen molar-refractivity contribution in [3.05, 3.63) is 23.3 Å². The van der Waals surface area contributed by atoms with Crippen molar-refractivity contribution >= 4 is 17.7 Å². The molecule has 0 N–H and O–H groups in total. The normalized spacial score (nSPS) is 11.7. The Morgan fingerprint density at radius 1 is 1.26 bits per heavy atom. The highest BCUT2D eigenvalue weighted by molar-refractivity contribution is 8.00. The van der Waals surface area contributed by atoms with Gasteiger partial charge < -0.3 is 9.47 Å². The molecular formula is C12H7F6NO3S. The summed E-state index contributed by atoms with van der Waals surface area (Å²) < 4.78 is 82.4. The average molecular weight is 359 g/mol. The Hall–Kier alpha value is -2.09. The van der Waals surface area contributed by atoms with Gasteiger partial charge in [-0.25, -0.2) is 4.79 Å². The Balaban J connectivity index is 3.50. The van der Waals surface area contributed by atoms with Crippen LogP contribution in [0.5, 0.6) is 5.75 Å². The SMILES string of the molecule is CCOC(=O)c1c(SC(F)(F)F)ccc(OC(F)(F)F)c1C#N. The Morgan fingerprint density at radius 3 is 2.30 bits per heavy atom. The summed E-state index contributed by atoms with van der Waals surface area (Å²) in [6.45, 7) is 1.10. The summed E-state index contributed by atoms with van der Waals surface area (Å²) in [7, 11) is 0. The van der Waals surface area contributed by atoms with Gasteiger partial charge in [-0.1, -0.05) is 0 Å². The van der Waals surface area contributed by atoms with E-state index in [-0.39, 0.29) is 6.61 Å². The highest BCUT2D eigenvalue weighted by atomic mass is 32.2. The van der Waals surface area contributed by atoms with E-state index >= 15 is 0 Å². The van der Waals surface area contributed by atoms with Gasteiger partial charge in [-0.05, 0) is 30.8 Å². The number of nitriles is 1. The molecule has 0 amide bonds. The van der Waals surface area contributed by atoms with E-state index in [1.807, 2.05) is 0 Å². The Morgan fingerprint density at radius 2 is 1.87 bits per heavy atom. The standard InChI is InChI=1S/C12H7F6NO3S/c1-2-21-10(20)9-6(5-19)7(22-11(13,14)15)3-4-8(9)23-12(16,17)18/h3-4H,2H2,1H3. The second kappa shape index (κ2) is 6.99. The van der Waals surface area contributed by atoms with E-state index in [1.54, 1.807) is 0 Å². The molecule has 1 rings (SSSR count). The van der Waals surface area contributed by atoms with E-state index in [4.69, 9.17) is 5.26 Å². The minimum Gasteiger partial charge on any atom is -0.462 e. The van der Waals surface area contributed by atoms with Crippen LogP contribution >= 0.6 is 11.8 Å². The van der Waals surface area contributed by atoms with Gasteiger partial charge in [0.1, 0.15) is 17.4 Å². The predicted molar refractivity (Wildman–Crippen MR) is 65.7 cm³/mol. The number of ether oxygens (including phenoxy) is 2. The van der Waals surface area contributed by atoms with Crippen LogP contribution in [0, 0.1) is 11.3 Å². The van der Waals surface area contributed by atoms with Crippen LogP contribution in [0.3, 0.4) is 0 Å². The second-order valence-electron chi connectivity index (χ2n) is 3.74. The first-order valence-electron chi connectivity index (χ1n) is 5.74. The van der Waals surface area contributed by atoms with Gasteiger partial charge in [-0.3, -0.25) is 0 Å². The van der Waals surface area contributed by atoms with E-state index in [0.29, 0.717) is 12.1 Å². The quantitative estimate of drug-likeness (QED) is 0.457. The predicted octanol–water partition coefficient (Wildman–Crippen LogP) is 4.25. The monoisotopic (exact) mass is 359 g/mol. The summed E-state index contributed by atoms with van der Waals surface area (Å²) in [4.78, 5) is 11.0. The third kappa shape index (κ3) is 5.55. The van der Waals surface area contributed by atoms with E-state index < -0.39 is 51.4 Å². The first-order chi connectivity index (χ1) is 10.5. The lowest BCUT2D eigenvalue weighted by Crippen LogP contribution is -2.19. The number of rotatable bonds is 4. The van der Waals surface area contributed by atoms with Crippen LogP contribution in [-0.4, -0.2) is 24.4 Å². The van der Waals surface area contributed by atoms with Gasteiger partial charge in [0.15, 0.2) is 0 Å². The largest absolute Gasteiger partial charge is 0.573 e. The number of carbonyl (C=O) groups is 1. The first kappa shape index (κ1) is 19.0. The summed E-state index contributed by atoms with van der Waals surface area (Å²) >= 11 is -0.751. The number of benzene rings is 1. The topological polar surface area (TPSA) is 59.3 Å². The molecule has 0 spiro atoms. The van der Waals surface area contributed by atoms with Gasteiger partial charge >= 0.3 is 17.8 Å². The van der Waals surface area contributed by atoms with Crippen molar-refractivity contribution < 1.29 is 40.6 Å². The van der Waals surface area contributed by atoms with E-state index in [1.165, 1.54) is 13.0 Å². The van der Waals surface area contributed by atoms with Crippen LogP contribution in [0.15, 0.2) is 17.0 Å². The molecule has 23 heavy (non-hydrogen) atoms. The Bertz CT molecular complexity index is 635. The highest BCUT2D eigenvalue weighted by Gasteiger charge is 2.36. The number of alkyl halides is 6. The second-order valence-corrected chi connectivity index (χ2v) is 4.85. The molecule has 4 nitrogen and oxygen atoms in total. The molecule has 0 aliphatic heterocycles. The van der Waals surface area contributed by atoms with Gasteiger partial charge in [-0.15, -0.1) is 13.2 Å². The number of nitrogens with zero attached hydrogens (tertiary/aromatic N) is 1. The fourth-order valence-electron chi connectivity index (χ4n) is 1.50. The molecule has 126 valence electrons. The van der Waals surface area contributed by atoms with Gasteiger partial charge in [0.25, 0.3) is 0 Å². The van der Waals surface area contributed by atoms with E-state index in [9.17, 15) is 31.1 Å². The number of hydrogen-bond acceptors (Lipinski definition) is 5. The Labute approximate surface area is 130 Å². The highest BCUT2D eigenvalue weighted by Crippen LogP contribution is 2.42. The molecule has 0 unspecified atom stereocenters. The van der Waals surface area contributed by atoms with Crippen LogP contribution in [0.4, 0.5) is 26.3 Å². The molecule has 0 atom stereocenters. The molecule has 0 aliphatic carbocycles. The summed E-state index contributed by atoms with van der Waals surface area (Å²) in [6.07, 6.45) is -5.18. The number of thioether (sulfide) groups is 1. The van der Waals surface area contributed by atoms with Crippen molar-refractivity contribution in [1.29, 1.82) is 5.26 Å². The molecule has 11 heteroatoms. The molecule has 0 radical (unpaired) electrons. The molecule has 0 aromatic heterocycles. The average Bonchev–Trinajstić information content (AvgIpc) is 2.36. The first-order valence-corrected chi connectivity index (χ1v) is 6.56. The lowest BCUT2D eigenvalue weighted by molar-refractivity contribution is -0.274. The molecule has 0 saturated heterocycles. The Kier molecular flexibility index (Phi) is 5.76. The molecule has 1 aromatic carbocycles. The molecule has 0 fully saturated rings. The van der Waals surface area contributed by atoms with Crippen LogP contribution in [0.2, 0.25) is 0 Å². The molecule has 1 aromatic rings. The van der Waals surface area contributed by atoms with Gasteiger partial charge in [-0.2, -0.15) is 18.4 Å². The maximum absolute atomic E-state index is 12.5. The fourth-order valence-corrected chi connectivity index (χ4v) is 2.17.